The molecule has 0 saturated heterocycles. The van der Waals surface area contributed by atoms with Crippen molar-refractivity contribution in [3.05, 3.63) is 58.4 Å². The number of alkyl halides is 3. The normalized spacial score (nSPS) is 11.3. The maximum absolute atomic E-state index is 12.5. The first-order valence-corrected chi connectivity index (χ1v) is 6.27. The fourth-order valence-electron chi connectivity index (χ4n) is 1.72. The van der Waals surface area contributed by atoms with Crippen molar-refractivity contribution in [1.29, 1.82) is 0 Å². The van der Waals surface area contributed by atoms with E-state index in [1.165, 1.54) is 13.0 Å². The molecule has 0 aliphatic heterocycles. The largest absolute Gasteiger partial charge is 0.433 e. The number of aromatic nitrogens is 1. The number of carbonyl (C=O) groups excluding carboxylic acids is 1. The first-order chi connectivity index (χ1) is 9.77. The van der Waals surface area contributed by atoms with E-state index in [0.717, 1.165) is 12.1 Å². The van der Waals surface area contributed by atoms with Gasteiger partial charge >= 0.3 is 6.18 Å². The van der Waals surface area contributed by atoms with Crippen LogP contribution in [0.25, 0.3) is 0 Å². The van der Waals surface area contributed by atoms with Crippen LogP contribution < -0.4 is 5.32 Å². The van der Waals surface area contributed by atoms with Crippen molar-refractivity contribution in [1.82, 2.24) is 4.98 Å². The van der Waals surface area contributed by atoms with Crippen LogP contribution in [0.4, 0.5) is 18.9 Å². The molecule has 0 atom stereocenters. The smallest absolute Gasteiger partial charge is 0.322 e. The Kier molecular flexibility index (Phi) is 4.18. The van der Waals surface area contributed by atoms with Crippen LogP contribution in [-0.4, -0.2) is 10.9 Å². The average molecular weight is 315 g/mol. The number of pyridine rings is 1. The van der Waals surface area contributed by atoms with Gasteiger partial charge in [0.25, 0.3) is 5.91 Å². The van der Waals surface area contributed by atoms with Gasteiger partial charge in [-0.3, -0.25) is 4.79 Å². The second-order valence-electron chi connectivity index (χ2n) is 4.29. The van der Waals surface area contributed by atoms with Crippen LogP contribution in [0.5, 0.6) is 0 Å². The topological polar surface area (TPSA) is 42.0 Å². The molecule has 0 fully saturated rings. The van der Waals surface area contributed by atoms with E-state index >= 15 is 0 Å². The number of nitrogens with one attached hydrogen (secondary N) is 1. The SMILES string of the molecule is Cc1nc(C(F)(F)F)ccc1C(=O)Nc1cccc(Cl)c1. The molecule has 1 aromatic carbocycles. The molecule has 7 heteroatoms. The maximum Gasteiger partial charge on any atom is 0.433 e. The summed E-state index contributed by atoms with van der Waals surface area (Å²) >= 11 is 5.79. The Morgan fingerprint density at radius 1 is 1.24 bits per heavy atom. The Bertz CT molecular complexity index is 686. The van der Waals surface area contributed by atoms with E-state index in [1.807, 2.05) is 0 Å². The molecule has 0 saturated carbocycles. The van der Waals surface area contributed by atoms with Crippen LogP contribution in [0.3, 0.4) is 0 Å². The molecule has 0 aliphatic carbocycles. The van der Waals surface area contributed by atoms with Gasteiger partial charge < -0.3 is 5.32 Å². The zero-order valence-electron chi connectivity index (χ0n) is 10.8. The lowest BCUT2D eigenvalue weighted by molar-refractivity contribution is -0.141. The van der Waals surface area contributed by atoms with Gasteiger partial charge in [0.15, 0.2) is 0 Å². The summed E-state index contributed by atoms with van der Waals surface area (Å²) in [5.41, 5.74) is -0.501. The fraction of sp³-hybridized carbons (Fsp3) is 0.143. The van der Waals surface area contributed by atoms with Crippen LogP contribution in [-0.2, 0) is 6.18 Å². The lowest BCUT2D eigenvalue weighted by Crippen LogP contribution is -2.16. The number of rotatable bonds is 2. The third-order valence-corrected chi connectivity index (χ3v) is 2.94. The van der Waals surface area contributed by atoms with Crippen molar-refractivity contribution >= 4 is 23.2 Å². The van der Waals surface area contributed by atoms with Gasteiger partial charge in [-0.1, -0.05) is 17.7 Å². The Labute approximate surface area is 123 Å². The lowest BCUT2D eigenvalue weighted by Gasteiger charge is -2.10. The highest BCUT2D eigenvalue weighted by atomic mass is 35.5. The first-order valence-electron chi connectivity index (χ1n) is 5.89. The van der Waals surface area contributed by atoms with E-state index in [2.05, 4.69) is 10.3 Å². The molecule has 2 rings (SSSR count). The predicted molar refractivity (Wildman–Crippen MR) is 73.4 cm³/mol. The Morgan fingerprint density at radius 2 is 1.95 bits per heavy atom. The quantitative estimate of drug-likeness (QED) is 0.897. The van der Waals surface area contributed by atoms with Crippen molar-refractivity contribution in [2.45, 2.75) is 13.1 Å². The molecule has 1 amide bonds. The average Bonchev–Trinajstić information content (AvgIpc) is 2.37. The first kappa shape index (κ1) is 15.3. The minimum absolute atomic E-state index is 0.00403. The highest BCUT2D eigenvalue weighted by Crippen LogP contribution is 2.28. The molecule has 0 aliphatic rings. The van der Waals surface area contributed by atoms with E-state index in [-0.39, 0.29) is 11.3 Å². The molecule has 0 bridgehead atoms. The van der Waals surface area contributed by atoms with Crippen LogP contribution in [0, 0.1) is 6.92 Å². The minimum atomic E-state index is -4.53. The molecule has 0 unspecified atom stereocenters. The van der Waals surface area contributed by atoms with Gasteiger partial charge in [-0.15, -0.1) is 0 Å². The second-order valence-corrected chi connectivity index (χ2v) is 4.73. The Morgan fingerprint density at radius 3 is 2.52 bits per heavy atom. The zero-order valence-corrected chi connectivity index (χ0v) is 11.6. The number of nitrogens with zero attached hydrogens (tertiary/aromatic N) is 1. The number of halogens is 4. The van der Waals surface area contributed by atoms with E-state index in [0.29, 0.717) is 10.7 Å². The molecule has 2 aromatic rings. The Hall–Kier alpha value is -2.08. The number of benzene rings is 1. The minimum Gasteiger partial charge on any atom is -0.322 e. The van der Waals surface area contributed by atoms with Gasteiger partial charge in [0, 0.05) is 10.7 Å². The summed E-state index contributed by atoms with van der Waals surface area (Å²) in [6.45, 7) is 1.35. The van der Waals surface area contributed by atoms with E-state index in [4.69, 9.17) is 11.6 Å². The summed E-state index contributed by atoms with van der Waals surface area (Å²) in [4.78, 5) is 15.4. The third-order valence-electron chi connectivity index (χ3n) is 2.70. The molecule has 0 spiro atoms. The second kappa shape index (κ2) is 5.73. The summed E-state index contributed by atoms with van der Waals surface area (Å²) in [7, 11) is 0. The summed E-state index contributed by atoms with van der Waals surface area (Å²) in [5.74, 6) is -0.545. The molecule has 21 heavy (non-hydrogen) atoms. The highest BCUT2D eigenvalue weighted by molar-refractivity contribution is 6.30. The van der Waals surface area contributed by atoms with E-state index in [1.54, 1.807) is 18.2 Å². The zero-order chi connectivity index (χ0) is 15.6. The number of carbonyl (C=O) groups is 1. The van der Waals surface area contributed by atoms with Crippen LogP contribution in [0.1, 0.15) is 21.7 Å². The number of hydrogen-bond acceptors (Lipinski definition) is 2. The molecule has 3 nitrogen and oxygen atoms in total. The van der Waals surface area contributed by atoms with Crippen molar-refractivity contribution in [2.75, 3.05) is 5.32 Å². The molecule has 1 heterocycles. The summed E-state index contributed by atoms with van der Waals surface area (Å²) < 4.78 is 37.5. The number of aryl methyl sites for hydroxylation is 1. The molecule has 0 radical (unpaired) electrons. The van der Waals surface area contributed by atoms with Crippen LogP contribution in [0.2, 0.25) is 5.02 Å². The third kappa shape index (κ3) is 3.72. The predicted octanol–water partition coefficient (Wildman–Crippen LogP) is 4.31. The van der Waals surface area contributed by atoms with Gasteiger partial charge in [-0.25, -0.2) is 4.98 Å². The lowest BCUT2D eigenvalue weighted by atomic mass is 10.1. The number of anilines is 1. The van der Waals surface area contributed by atoms with E-state index in [9.17, 15) is 18.0 Å². The summed E-state index contributed by atoms with van der Waals surface area (Å²) in [6.07, 6.45) is -4.53. The molecular formula is C14H10ClF3N2O. The standard InChI is InChI=1S/C14H10ClF3N2O/c1-8-11(5-6-12(19-8)14(16,17)18)13(21)20-10-4-2-3-9(15)7-10/h2-7H,1H3,(H,20,21). The summed E-state index contributed by atoms with van der Waals surface area (Å²) in [6, 6.07) is 8.33. The van der Waals surface area contributed by atoms with Gasteiger partial charge in [0.2, 0.25) is 0 Å². The van der Waals surface area contributed by atoms with Crippen LogP contribution in [0.15, 0.2) is 36.4 Å². The molecule has 1 aromatic heterocycles. The number of amides is 1. The highest BCUT2D eigenvalue weighted by Gasteiger charge is 2.33. The van der Waals surface area contributed by atoms with Gasteiger partial charge in [-0.2, -0.15) is 13.2 Å². The monoisotopic (exact) mass is 314 g/mol. The van der Waals surface area contributed by atoms with Crippen molar-refractivity contribution in [2.24, 2.45) is 0 Å². The molecule has 1 N–H and O–H groups in total. The van der Waals surface area contributed by atoms with Crippen molar-refractivity contribution < 1.29 is 18.0 Å². The van der Waals surface area contributed by atoms with Gasteiger partial charge in [0.1, 0.15) is 5.69 Å². The maximum atomic E-state index is 12.5. The number of hydrogen-bond donors (Lipinski definition) is 1. The Balaban J connectivity index is 2.24. The van der Waals surface area contributed by atoms with Gasteiger partial charge in [0.05, 0.1) is 11.3 Å². The molecule has 110 valence electrons. The molecular weight excluding hydrogens is 305 g/mol. The van der Waals surface area contributed by atoms with Crippen molar-refractivity contribution in [3.8, 4) is 0 Å². The summed E-state index contributed by atoms with van der Waals surface area (Å²) in [5, 5.41) is 2.99. The van der Waals surface area contributed by atoms with Crippen LogP contribution >= 0.6 is 11.6 Å². The fourth-order valence-corrected chi connectivity index (χ4v) is 1.91. The van der Waals surface area contributed by atoms with Crippen molar-refractivity contribution in [3.63, 3.8) is 0 Å². The van der Waals surface area contributed by atoms with E-state index < -0.39 is 17.8 Å². The van der Waals surface area contributed by atoms with Gasteiger partial charge in [-0.05, 0) is 37.3 Å².